The van der Waals surface area contributed by atoms with E-state index in [0.29, 0.717) is 5.91 Å². The van der Waals surface area contributed by atoms with Gasteiger partial charge in [0.25, 0.3) is 0 Å². The Morgan fingerprint density at radius 1 is 1.29 bits per heavy atom. The van der Waals surface area contributed by atoms with Crippen molar-refractivity contribution in [3.63, 3.8) is 0 Å². The third kappa shape index (κ3) is 1.46. The lowest BCUT2D eigenvalue weighted by molar-refractivity contribution is -0.136. The summed E-state index contributed by atoms with van der Waals surface area (Å²) in [5.41, 5.74) is -0.244. The second kappa shape index (κ2) is 3.73. The van der Waals surface area contributed by atoms with Gasteiger partial charge >= 0.3 is 0 Å². The monoisotopic (exact) mass is 194 g/mol. The number of amides is 1. The zero-order valence-electron chi connectivity index (χ0n) is 8.75. The van der Waals surface area contributed by atoms with Crippen molar-refractivity contribution in [1.29, 1.82) is 0 Å². The van der Waals surface area contributed by atoms with Gasteiger partial charge in [0.05, 0.1) is 5.54 Å². The maximum absolute atomic E-state index is 12.2. The largest absolute Gasteiger partial charge is 0.334 e. The van der Waals surface area contributed by atoms with Crippen LogP contribution in [-0.2, 0) is 4.79 Å². The summed E-state index contributed by atoms with van der Waals surface area (Å²) >= 11 is 0. The number of hydrogen-bond acceptors (Lipinski definition) is 2. The van der Waals surface area contributed by atoms with Crippen molar-refractivity contribution in [2.24, 2.45) is 0 Å². The fourth-order valence-electron chi connectivity index (χ4n) is 2.50. The van der Waals surface area contributed by atoms with E-state index in [2.05, 4.69) is 17.5 Å². The molecule has 0 aromatic rings. The Hall–Kier alpha value is -0.830. The molecule has 1 fully saturated rings. The zero-order chi connectivity index (χ0) is 10.0. The van der Waals surface area contributed by atoms with Crippen molar-refractivity contribution >= 4 is 5.91 Å². The molecule has 0 aromatic carbocycles. The van der Waals surface area contributed by atoms with Gasteiger partial charge in [-0.3, -0.25) is 4.79 Å². The lowest BCUT2D eigenvalue weighted by atomic mass is 9.96. The van der Waals surface area contributed by atoms with Crippen molar-refractivity contribution < 1.29 is 4.79 Å². The number of carbonyl (C=O) groups is 1. The van der Waals surface area contributed by atoms with Crippen LogP contribution in [0.25, 0.3) is 0 Å². The van der Waals surface area contributed by atoms with Crippen LogP contribution < -0.4 is 5.32 Å². The van der Waals surface area contributed by atoms with Crippen LogP contribution >= 0.6 is 0 Å². The standard InChI is InChI=1S/C11H18N2O/c1-12-11(6-2-3-7-11)10(14)13-8-4-5-9-13/h4-5,12H,2-3,6-9H2,1H3. The van der Waals surface area contributed by atoms with Gasteiger partial charge in [-0.25, -0.2) is 0 Å². The molecular weight excluding hydrogens is 176 g/mol. The number of hydrogen-bond donors (Lipinski definition) is 1. The van der Waals surface area contributed by atoms with Gasteiger partial charge in [-0.2, -0.15) is 0 Å². The summed E-state index contributed by atoms with van der Waals surface area (Å²) in [5, 5.41) is 3.24. The second-order valence-electron chi connectivity index (χ2n) is 4.22. The maximum Gasteiger partial charge on any atom is 0.243 e. The Bertz CT molecular complexity index is 246. The molecule has 1 saturated carbocycles. The highest BCUT2D eigenvalue weighted by molar-refractivity contribution is 5.87. The number of carbonyl (C=O) groups excluding carboxylic acids is 1. The molecule has 2 rings (SSSR count). The molecule has 0 atom stereocenters. The van der Waals surface area contributed by atoms with Gasteiger partial charge in [0.15, 0.2) is 0 Å². The molecule has 78 valence electrons. The Morgan fingerprint density at radius 3 is 2.36 bits per heavy atom. The predicted molar refractivity (Wildman–Crippen MR) is 56.0 cm³/mol. The summed E-state index contributed by atoms with van der Waals surface area (Å²) in [6, 6.07) is 0. The Balaban J connectivity index is 2.07. The lowest BCUT2D eigenvalue weighted by Gasteiger charge is -2.31. The molecule has 0 unspecified atom stereocenters. The quantitative estimate of drug-likeness (QED) is 0.663. The highest BCUT2D eigenvalue weighted by atomic mass is 16.2. The van der Waals surface area contributed by atoms with E-state index in [9.17, 15) is 4.79 Å². The van der Waals surface area contributed by atoms with Gasteiger partial charge in [0, 0.05) is 13.1 Å². The first-order valence-electron chi connectivity index (χ1n) is 5.42. The van der Waals surface area contributed by atoms with E-state index in [4.69, 9.17) is 0 Å². The van der Waals surface area contributed by atoms with E-state index in [1.807, 2.05) is 11.9 Å². The Labute approximate surface area is 85.2 Å². The fraction of sp³-hybridized carbons (Fsp3) is 0.727. The van der Waals surface area contributed by atoms with Crippen molar-refractivity contribution in [1.82, 2.24) is 10.2 Å². The molecule has 2 aliphatic rings. The fourth-order valence-corrected chi connectivity index (χ4v) is 2.50. The topological polar surface area (TPSA) is 32.3 Å². The van der Waals surface area contributed by atoms with Gasteiger partial charge in [0.2, 0.25) is 5.91 Å². The summed E-state index contributed by atoms with van der Waals surface area (Å²) in [7, 11) is 1.91. The maximum atomic E-state index is 12.2. The van der Waals surface area contributed by atoms with Crippen molar-refractivity contribution in [2.75, 3.05) is 20.1 Å². The van der Waals surface area contributed by atoms with E-state index >= 15 is 0 Å². The van der Waals surface area contributed by atoms with Crippen molar-refractivity contribution in [3.05, 3.63) is 12.2 Å². The first-order chi connectivity index (χ1) is 6.78. The third-order valence-corrected chi connectivity index (χ3v) is 3.45. The SMILES string of the molecule is CNC1(C(=O)N2CC=CC2)CCCC1. The van der Waals surface area contributed by atoms with Crippen molar-refractivity contribution in [2.45, 2.75) is 31.2 Å². The van der Waals surface area contributed by atoms with Gasteiger partial charge < -0.3 is 10.2 Å². The lowest BCUT2D eigenvalue weighted by Crippen LogP contribution is -2.54. The molecule has 0 bridgehead atoms. The Kier molecular flexibility index (Phi) is 2.59. The zero-order valence-corrected chi connectivity index (χ0v) is 8.75. The summed E-state index contributed by atoms with van der Waals surface area (Å²) in [5.74, 6) is 0.294. The first-order valence-corrected chi connectivity index (χ1v) is 5.42. The van der Waals surface area contributed by atoms with Crippen molar-refractivity contribution in [3.8, 4) is 0 Å². The van der Waals surface area contributed by atoms with Crippen LogP contribution in [0.1, 0.15) is 25.7 Å². The summed E-state index contributed by atoms with van der Waals surface area (Å²) in [6.07, 6.45) is 8.48. The van der Waals surface area contributed by atoms with Crippen LogP contribution in [0.4, 0.5) is 0 Å². The number of nitrogens with one attached hydrogen (secondary N) is 1. The van der Waals surface area contributed by atoms with Crippen LogP contribution in [0, 0.1) is 0 Å². The van der Waals surface area contributed by atoms with Crippen LogP contribution in [0.2, 0.25) is 0 Å². The molecule has 1 aliphatic heterocycles. The van der Waals surface area contributed by atoms with E-state index in [0.717, 1.165) is 25.9 Å². The molecule has 1 amide bonds. The summed E-state index contributed by atoms with van der Waals surface area (Å²) in [6.45, 7) is 1.59. The molecule has 1 aliphatic carbocycles. The van der Waals surface area contributed by atoms with E-state index in [1.165, 1.54) is 12.8 Å². The molecule has 0 spiro atoms. The molecule has 0 saturated heterocycles. The number of nitrogens with zero attached hydrogens (tertiary/aromatic N) is 1. The molecule has 3 nitrogen and oxygen atoms in total. The normalized spacial score (nSPS) is 24.5. The summed E-state index contributed by atoms with van der Waals surface area (Å²) in [4.78, 5) is 14.2. The number of rotatable bonds is 2. The molecule has 3 heteroatoms. The average Bonchev–Trinajstić information content (AvgIpc) is 2.89. The predicted octanol–water partition coefficient (Wildman–Crippen LogP) is 0.917. The molecule has 0 aromatic heterocycles. The minimum Gasteiger partial charge on any atom is -0.334 e. The van der Waals surface area contributed by atoms with Crippen LogP contribution in [-0.4, -0.2) is 36.5 Å². The minimum atomic E-state index is -0.244. The molecule has 14 heavy (non-hydrogen) atoms. The first kappa shape index (κ1) is 9.71. The van der Waals surface area contributed by atoms with Gasteiger partial charge in [-0.15, -0.1) is 0 Å². The highest BCUT2D eigenvalue weighted by Crippen LogP contribution is 2.31. The van der Waals surface area contributed by atoms with Gasteiger partial charge in [0.1, 0.15) is 0 Å². The van der Waals surface area contributed by atoms with E-state index in [1.54, 1.807) is 0 Å². The smallest absolute Gasteiger partial charge is 0.243 e. The molecule has 1 heterocycles. The molecule has 0 radical (unpaired) electrons. The van der Waals surface area contributed by atoms with Crippen LogP contribution in [0.15, 0.2) is 12.2 Å². The minimum absolute atomic E-state index is 0.244. The van der Waals surface area contributed by atoms with Crippen LogP contribution in [0.3, 0.4) is 0 Å². The van der Waals surface area contributed by atoms with E-state index in [-0.39, 0.29) is 5.54 Å². The Morgan fingerprint density at radius 2 is 1.86 bits per heavy atom. The molecule has 1 N–H and O–H groups in total. The number of likely N-dealkylation sites (N-methyl/N-ethyl adjacent to an activating group) is 1. The average molecular weight is 194 g/mol. The van der Waals surface area contributed by atoms with Crippen LogP contribution in [0.5, 0.6) is 0 Å². The summed E-state index contributed by atoms with van der Waals surface area (Å²) < 4.78 is 0. The van der Waals surface area contributed by atoms with Gasteiger partial charge in [-0.05, 0) is 19.9 Å². The highest BCUT2D eigenvalue weighted by Gasteiger charge is 2.42. The van der Waals surface area contributed by atoms with Gasteiger partial charge in [-0.1, -0.05) is 25.0 Å². The molecular formula is C11H18N2O. The van der Waals surface area contributed by atoms with E-state index < -0.39 is 0 Å². The third-order valence-electron chi connectivity index (χ3n) is 3.45. The second-order valence-corrected chi connectivity index (χ2v) is 4.22.